The van der Waals surface area contributed by atoms with E-state index in [1.54, 1.807) is 67.9 Å². The summed E-state index contributed by atoms with van der Waals surface area (Å²) in [5.41, 5.74) is 8.38. The van der Waals surface area contributed by atoms with Crippen molar-refractivity contribution in [3.63, 3.8) is 0 Å². The Labute approximate surface area is 245 Å². The zero-order chi connectivity index (χ0) is 30.0. The summed E-state index contributed by atoms with van der Waals surface area (Å²) >= 11 is 1.38. The van der Waals surface area contributed by atoms with E-state index in [0.29, 0.717) is 45.5 Å². The summed E-state index contributed by atoms with van der Waals surface area (Å²) in [5.74, 6) is -0.406. The topological polar surface area (TPSA) is 144 Å². The molecule has 0 aliphatic carbocycles. The molecule has 3 heterocycles. The number of anilines is 3. The molecule has 0 unspecified atom stereocenters. The molecule has 3 aromatic heterocycles. The quantitative estimate of drug-likeness (QED) is 0.265. The highest BCUT2D eigenvalue weighted by Crippen LogP contribution is 2.25. The van der Waals surface area contributed by atoms with Crippen molar-refractivity contribution < 1.29 is 9.59 Å². The first-order chi connectivity index (χ1) is 20.1. The van der Waals surface area contributed by atoms with Gasteiger partial charge in [-0.05, 0) is 63.5 Å². The van der Waals surface area contributed by atoms with Gasteiger partial charge in [0.05, 0.1) is 11.4 Å². The van der Waals surface area contributed by atoms with Gasteiger partial charge in [0.1, 0.15) is 11.8 Å². The van der Waals surface area contributed by atoms with Crippen LogP contribution in [0.4, 0.5) is 16.6 Å². The van der Waals surface area contributed by atoms with Crippen molar-refractivity contribution in [3.8, 4) is 11.4 Å². The summed E-state index contributed by atoms with van der Waals surface area (Å²) in [4.78, 5) is 56.5. The molecule has 0 fully saturated rings. The molecule has 0 aliphatic heterocycles. The van der Waals surface area contributed by atoms with Crippen LogP contribution in [0.3, 0.4) is 0 Å². The molecule has 214 valence electrons. The second-order valence-electron chi connectivity index (χ2n) is 9.74. The molecule has 0 saturated carbocycles. The van der Waals surface area contributed by atoms with Crippen LogP contribution in [0.5, 0.6) is 0 Å². The van der Waals surface area contributed by atoms with E-state index >= 15 is 0 Å². The number of likely N-dealkylation sites (N-methyl/N-ethyl adjacent to an activating group) is 2. The fraction of sp³-hybridized carbons (Fsp3) is 0.172. The van der Waals surface area contributed by atoms with Gasteiger partial charge in [-0.25, -0.2) is 24.3 Å². The van der Waals surface area contributed by atoms with Crippen LogP contribution in [-0.4, -0.2) is 68.5 Å². The van der Waals surface area contributed by atoms with Gasteiger partial charge >= 0.3 is 5.69 Å². The SMILES string of the molecule is Cc1cnc(NC(=O)c2ccc(-n3c(=O)n(-c4cccc(N(C)C(=O)C=CCN(C)C)c4)c4ncnc(N)c43)cc2)s1. The van der Waals surface area contributed by atoms with Crippen molar-refractivity contribution in [2.75, 3.05) is 43.6 Å². The number of hydrogen-bond acceptors (Lipinski definition) is 9. The van der Waals surface area contributed by atoms with Gasteiger partial charge in [0.2, 0.25) is 5.91 Å². The van der Waals surface area contributed by atoms with Gasteiger partial charge in [-0.15, -0.1) is 11.3 Å². The van der Waals surface area contributed by atoms with Crippen molar-refractivity contribution >= 4 is 51.0 Å². The number of carbonyl (C=O) groups excluding carboxylic acids is 2. The summed E-state index contributed by atoms with van der Waals surface area (Å²) in [6, 6.07) is 13.6. The maximum absolute atomic E-state index is 13.9. The third-order valence-corrected chi connectivity index (χ3v) is 7.24. The number of nitrogens with zero attached hydrogens (tertiary/aromatic N) is 7. The van der Waals surface area contributed by atoms with Crippen LogP contribution in [0.2, 0.25) is 0 Å². The van der Waals surface area contributed by atoms with Crippen molar-refractivity contribution in [1.82, 2.24) is 29.0 Å². The number of nitrogen functional groups attached to an aromatic ring is 1. The van der Waals surface area contributed by atoms with E-state index in [4.69, 9.17) is 5.73 Å². The zero-order valence-electron chi connectivity index (χ0n) is 23.5. The van der Waals surface area contributed by atoms with Crippen LogP contribution in [-0.2, 0) is 4.79 Å². The number of benzene rings is 2. The number of hydrogen-bond donors (Lipinski definition) is 2. The van der Waals surface area contributed by atoms with Crippen molar-refractivity contribution in [1.29, 1.82) is 0 Å². The highest BCUT2D eigenvalue weighted by Gasteiger charge is 2.21. The summed E-state index contributed by atoms with van der Waals surface area (Å²) in [6.07, 6.45) is 6.28. The minimum atomic E-state index is -0.440. The van der Waals surface area contributed by atoms with E-state index in [1.165, 1.54) is 37.8 Å². The third kappa shape index (κ3) is 5.68. The molecule has 2 amide bonds. The molecule has 5 rings (SSSR count). The number of nitrogens with two attached hydrogens (primary N) is 1. The molecule has 5 aromatic rings. The lowest BCUT2D eigenvalue weighted by molar-refractivity contribution is -0.113. The number of aromatic nitrogens is 5. The Morgan fingerprint density at radius 1 is 1.02 bits per heavy atom. The number of fused-ring (bicyclic) bond motifs is 1. The maximum Gasteiger partial charge on any atom is 0.339 e. The molecule has 0 aliphatic rings. The Morgan fingerprint density at radius 3 is 2.48 bits per heavy atom. The lowest BCUT2D eigenvalue weighted by Crippen LogP contribution is -2.25. The molecule has 0 saturated heterocycles. The lowest BCUT2D eigenvalue weighted by Gasteiger charge is -2.16. The molecular formula is C29H29N9O3S. The fourth-order valence-corrected chi connectivity index (χ4v) is 4.97. The van der Waals surface area contributed by atoms with Crippen LogP contribution in [0.15, 0.2) is 78.0 Å². The number of carbonyl (C=O) groups is 2. The van der Waals surface area contributed by atoms with E-state index in [1.807, 2.05) is 25.9 Å². The molecule has 0 atom stereocenters. The van der Waals surface area contributed by atoms with Gasteiger partial charge < -0.3 is 15.5 Å². The maximum atomic E-state index is 13.9. The molecule has 12 nitrogen and oxygen atoms in total. The summed E-state index contributed by atoms with van der Waals surface area (Å²) in [6.45, 7) is 2.54. The van der Waals surface area contributed by atoms with Crippen molar-refractivity contribution in [2.24, 2.45) is 0 Å². The molecule has 2 aromatic carbocycles. The normalized spacial score (nSPS) is 11.5. The lowest BCUT2D eigenvalue weighted by atomic mass is 10.2. The molecule has 0 spiro atoms. The van der Waals surface area contributed by atoms with Crippen LogP contribution >= 0.6 is 11.3 Å². The van der Waals surface area contributed by atoms with Crippen molar-refractivity contribution in [2.45, 2.75) is 6.92 Å². The summed E-state index contributed by atoms with van der Waals surface area (Å²) < 4.78 is 2.82. The fourth-order valence-electron chi connectivity index (χ4n) is 4.31. The monoisotopic (exact) mass is 583 g/mol. The molecular weight excluding hydrogens is 554 g/mol. The molecule has 3 N–H and O–H groups in total. The Morgan fingerprint density at radius 2 is 1.79 bits per heavy atom. The predicted molar refractivity (Wildman–Crippen MR) is 165 cm³/mol. The molecule has 13 heteroatoms. The smallest absolute Gasteiger partial charge is 0.339 e. The second kappa shape index (κ2) is 11.8. The Kier molecular flexibility index (Phi) is 7.95. The van der Waals surface area contributed by atoms with Gasteiger partial charge in [-0.1, -0.05) is 12.1 Å². The minimum Gasteiger partial charge on any atom is -0.382 e. The third-order valence-electron chi connectivity index (χ3n) is 6.42. The Bertz CT molecular complexity index is 1870. The first-order valence-corrected chi connectivity index (χ1v) is 13.7. The van der Waals surface area contributed by atoms with Gasteiger partial charge in [0.25, 0.3) is 5.91 Å². The molecule has 0 bridgehead atoms. The first-order valence-electron chi connectivity index (χ1n) is 12.9. The second-order valence-corrected chi connectivity index (χ2v) is 11.0. The zero-order valence-corrected chi connectivity index (χ0v) is 24.3. The van der Waals surface area contributed by atoms with E-state index < -0.39 is 5.69 Å². The average molecular weight is 584 g/mol. The van der Waals surface area contributed by atoms with Crippen LogP contribution in [0, 0.1) is 6.92 Å². The largest absolute Gasteiger partial charge is 0.382 e. The number of nitrogens with one attached hydrogen (secondary N) is 1. The Balaban J connectivity index is 1.52. The van der Waals surface area contributed by atoms with Crippen molar-refractivity contribution in [3.05, 3.63) is 94.1 Å². The average Bonchev–Trinajstić information content (AvgIpc) is 3.52. The van der Waals surface area contributed by atoms with Gasteiger partial charge in [-0.3, -0.25) is 19.5 Å². The summed E-state index contributed by atoms with van der Waals surface area (Å²) in [5, 5.41) is 3.28. The van der Waals surface area contributed by atoms with Gasteiger partial charge in [0.15, 0.2) is 16.6 Å². The highest BCUT2D eigenvalue weighted by molar-refractivity contribution is 7.15. The molecule has 0 radical (unpaired) electrons. The number of imidazole rings is 1. The van der Waals surface area contributed by atoms with Gasteiger partial charge in [0, 0.05) is 42.0 Å². The van der Waals surface area contributed by atoms with E-state index in [9.17, 15) is 14.4 Å². The summed E-state index contributed by atoms with van der Waals surface area (Å²) in [7, 11) is 5.51. The number of thiazole rings is 1. The standard InChI is InChI=1S/C29H29N9O3S/c1-18-16-31-28(42-18)34-27(40)19-10-12-20(13-11-19)37-24-25(30)32-17-33-26(24)38(29(37)41)22-8-5-7-21(15-22)36(4)23(39)9-6-14-35(2)3/h5-13,15-17H,14H2,1-4H3,(H2,30,32,33)(H,31,34,40). The predicted octanol–water partition coefficient (Wildman–Crippen LogP) is 3.25. The van der Waals surface area contributed by atoms with E-state index in [0.717, 1.165) is 4.88 Å². The first kappa shape index (κ1) is 28.4. The number of rotatable bonds is 8. The van der Waals surface area contributed by atoms with Crippen LogP contribution in [0.25, 0.3) is 22.5 Å². The minimum absolute atomic E-state index is 0.117. The van der Waals surface area contributed by atoms with Gasteiger partial charge in [-0.2, -0.15) is 0 Å². The molecule has 42 heavy (non-hydrogen) atoms. The van der Waals surface area contributed by atoms with Crippen LogP contribution < -0.4 is 21.6 Å². The number of aryl methyl sites for hydroxylation is 1. The highest BCUT2D eigenvalue weighted by atomic mass is 32.1. The number of amides is 2. The Hall–Kier alpha value is -5.14. The van der Waals surface area contributed by atoms with Crippen LogP contribution in [0.1, 0.15) is 15.2 Å². The van der Waals surface area contributed by atoms with E-state index in [2.05, 4.69) is 20.3 Å². The van der Waals surface area contributed by atoms with E-state index in [-0.39, 0.29) is 17.6 Å².